The van der Waals surface area contributed by atoms with Gasteiger partial charge in [-0.2, -0.15) is 9.82 Å². The van der Waals surface area contributed by atoms with Gasteiger partial charge in [-0.1, -0.05) is 48.9 Å². The molecule has 0 bridgehead atoms. The van der Waals surface area contributed by atoms with Crippen molar-refractivity contribution in [1.82, 2.24) is 14.7 Å². The van der Waals surface area contributed by atoms with Crippen molar-refractivity contribution in [3.05, 3.63) is 77.1 Å². The van der Waals surface area contributed by atoms with E-state index in [1.165, 1.54) is 49.9 Å². The Labute approximate surface area is 201 Å². The van der Waals surface area contributed by atoms with Gasteiger partial charge in [0.25, 0.3) is 0 Å². The minimum atomic E-state index is -1.33. The highest BCUT2D eigenvalue weighted by molar-refractivity contribution is 7.92. The molecular formula is C27H36N4OS. The smallest absolute Gasteiger partial charge is 0.179 e. The van der Waals surface area contributed by atoms with E-state index in [1.807, 2.05) is 49.0 Å². The monoisotopic (exact) mass is 464 g/mol. The van der Waals surface area contributed by atoms with E-state index in [0.29, 0.717) is 6.42 Å². The molecule has 33 heavy (non-hydrogen) atoms. The summed E-state index contributed by atoms with van der Waals surface area (Å²) < 4.78 is 18.2. The van der Waals surface area contributed by atoms with Gasteiger partial charge in [-0.15, -0.1) is 0 Å². The molecule has 0 aliphatic carbocycles. The van der Waals surface area contributed by atoms with Gasteiger partial charge in [0.2, 0.25) is 0 Å². The Morgan fingerprint density at radius 1 is 1.00 bits per heavy atom. The van der Waals surface area contributed by atoms with Gasteiger partial charge in [0.1, 0.15) is 17.0 Å². The standard InChI is InChI=1S/C27H36N4OS/c1-21-27(26(28-31(21)3)20-24-8-5-4-6-9-24)29-33(32)25-14-12-22(13-15-25)10-7-11-23-16-18-30(2)19-17-23/h4-6,8-9,12-15,23,29H,7,10-11,16-20H2,1-3H3. The van der Waals surface area contributed by atoms with E-state index < -0.39 is 11.4 Å². The van der Waals surface area contributed by atoms with Crippen LogP contribution in [0.2, 0.25) is 0 Å². The molecule has 2 aromatic carbocycles. The third-order valence-corrected chi connectivity index (χ3v) is 7.96. The highest BCUT2D eigenvalue weighted by Gasteiger charge is 2.20. The summed E-state index contributed by atoms with van der Waals surface area (Å²) in [6.45, 7) is 4.48. The average Bonchev–Trinajstić information content (AvgIpc) is 3.08. The highest BCUT2D eigenvalue weighted by Crippen LogP contribution is 2.26. The number of benzene rings is 2. The third kappa shape index (κ3) is 6.40. The van der Waals surface area contributed by atoms with Gasteiger partial charge in [0, 0.05) is 13.5 Å². The van der Waals surface area contributed by atoms with Crippen LogP contribution in [0.1, 0.15) is 48.2 Å². The quantitative estimate of drug-likeness (QED) is 0.447. The number of aryl methyl sites for hydroxylation is 2. The van der Waals surface area contributed by atoms with Crippen LogP contribution < -0.4 is 4.72 Å². The van der Waals surface area contributed by atoms with E-state index in [9.17, 15) is 4.55 Å². The molecule has 4 rings (SSSR count). The number of anilines is 1. The molecule has 0 amide bonds. The Balaban J connectivity index is 1.33. The summed E-state index contributed by atoms with van der Waals surface area (Å²) in [6, 6.07) is 18.5. The zero-order chi connectivity index (χ0) is 23.2. The number of nitrogens with zero attached hydrogens (tertiary/aromatic N) is 3. The maximum Gasteiger partial charge on any atom is 0.179 e. The zero-order valence-electron chi connectivity index (χ0n) is 20.1. The van der Waals surface area contributed by atoms with Crippen molar-refractivity contribution in [3.63, 3.8) is 0 Å². The molecule has 1 aliphatic rings. The number of hydrogen-bond donors (Lipinski definition) is 1. The van der Waals surface area contributed by atoms with E-state index in [4.69, 9.17) is 0 Å². The molecule has 0 saturated carbocycles. The molecule has 1 aliphatic heterocycles. The van der Waals surface area contributed by atoms with Gasteiger partial charge in [-0.25, -0.2) is 0 Å². The third-order valence-electron chi connectivity index (χ3n) is 6.87. The van der Waals surface area contributed by atoms with Crippen LogP contribution in [0.15, 0.2) is 59.5 Å². The van der Waals surface area contributed by atoms with E-state index >= 15 is 0 Å². The molecule has 176 valence electrons. The Kier molecular flexibility index (Phi) is 8.12. The van der Waals surface area contributed by atoms with E-state index in [-0.39, 0.29) is 0 Å². The molecule has 1 unspecified atom stereocenters. The van der Waals surface area contributed by atoms with Crippen LogP contribution in [0.25, 0.3) is 0 Å². The molecule has 2 heterocycles. The SMILES string of the molecule is Cc1c(N[S+]([O-])c2ccc(CCCC3CCN(C)CC3)cc2)c(Cc2ccccc2)nn1C. The summed E-state index contributed by atoms with van der Waals surface area (Å²) in [5, 5.41) is 4.66. The number of nitrogens with one attached hydrogen (secondary N) is 1. The lowest BCUT2D eigenvalue weighted by molar-refractivity contribution is 0.210. The van der Waals surface area contributed by atoms with Crippen LogP contribution in [-0.4, -0.2) is 39.4 Å². The Morgan fingerprint density at radius 2 is 1.70 bits per heavy atom. The molecule has 6 heteroatoms. The molecule has 0 spiro atoms. The Hall–Kier alpha value is -2.28. The minimum Gasteiger partial charge on any atom is -0.588 e. The fourth-order valence-corrected chi connectivity index (χ4v) is 5.55. The van der Waals surface area contributed by atoms with E-state index in [1.54, 1.807) is 0 Å². The summed E-state index contributed by atoms with van der Waals surface area (Å²) in [7, 11) is 4.15. The number of rotatable bonds is 9. The van der Waals surface area contributed by atoms with Gasteiger partial charge in [0.05, 0.1) is 11.4 Å². The predicted molar refractivity (Wildman–Crippen MR) is 137 cm³/mol. The Morgan fingerprint density at radius 3 is 2.39 bits per heavy atom. The first-order valence-electron chi connectivity index (χ1n) is 12.0. The van der Waals surface area contributed by atoms with Gasteiger partial charge < -0.3 is 9.45 Å². The molecule has 3 aromatic rings. The number of aromatic nitrogens is 2. The molecular weight excluding hydrogens is 428 g/mol. The lowest BCUT2D eigenvalue weighted by Crippen LogP contribution is -2.30. The summed E-state index contributed by atoms with van der Waals surface area (Å²) >= 11 is -1.33. The molecule has 1 N–H and O–H groups in total. The molecule has 1 atom stereocenters. The van der Waals surface area contributed by atoms with Crippen LogP contribution in [0.5, 0.6) is 0 Å². The first-order chi connectivity index (χ1) is 16.0. The van der Waals surface area contributed by atoms with E-state index in [0.717, 1.165) is 34.3 Å². The molecule has 1 fully saturated rings. The number of likely N-dealkylation sites (tertiary alicyclic amines) is 1. The molecule has 1 saturated heterocycles. The average molecular weight is 465 g/mol. The first-order valence-corrected chi connectivity index (χ1v) is 13.2. The summed E-state index contributed by atoms with van der Waals surface area (Å²) in [6.07, 6.45) is 7.01. The molecule has 0 radical (unpaired) electrons. The summed E-state index contributed by atoms with van der Waals surface area (Å²) in [4.78, 5) is 3.23. The van der Waals surface area contributed by atoms with Crippen molar-refractivity contribution in [2.75, 3.05) is 24.9 Å². The topological polar surface area (TPSA) is 56.1 Å². The number of hydrogen-bond acceptors (Lipinski definition) is 4. The highest BCUT2D eigenvalue weighted by atomic mass is 32.2. The van der Waals surface area contributed by atoms with Crippen molar-refractivity contribution in [2.24, 2.45) is 13.0 Å². The van der Waals surface area contributed by atoms with Gasteiger partial charge in [0.15, 0.2) is 4.90 Å². The maximum absolute atomic E-state index is 13.1. The van der Waals surface area contributed by atoms with Crippen LogP contribution in [0.4, 0.5) is 5.69 Å². The fraction of sp³-hybridized carbons (Fsp3) is 0.444. The summed E-state index contributed by atoms with van der Waals surface area (Å²) in [5.74, 6) is 0.880. The Bertz CT molecular complexity index is 1010. The van der Waals surface area contributed by atoms with Gasteiger partial charge in [-0.05, 0) is 81.9 Å². The molecule has 1 aromatic heterocycles. The van der Waals surface area contributed by atoms with Crippen molar-refractivity contribution in [2.45, 2.75) is 50.3 Å². The van der Waals surface area contributed by atoms with Crippen LogP contribution >= 0.6 is 0 Å². The first kappa shape index (κ1) is 23.9. The predicted octanol–water partition coefficient (Wildman–Crippen LogP) is 5.12. The lowest BCUT2D eigenvalue weighted by atomic mass is 9.91. The largest absolute Gasteiger partial charge is 0.588 e. The molecule has 5 nitrogen and oxygen atoms in total. The van der Waals surface area contributed by atoms with Gasteiger partial charge in [-0.3, -0.25) is 4.68 Å². The minimum absolute atomic E-state index is 0.707. The van der Waals surface area contributed by atoms with Crippen molar-refractivity contribution in [1.29, 1.82) is 0 Å². The van der Waals surface area contributed by atoms with Gasteiger partial charge >= 0.3 is 0 Å². The normalized spacial score (nSPS) is 16.1. The maximum atomic E-state index is 13.1. The second-order valence-corrected chi connectivity index (χ2v) is 10.6. The van der Waals surface area contributed by atoms with Crippen LogP contribution in [0, 0.1) is 12.8 Å². The van der Waals surface area contributed by atoms with Crippen molar-refractivity contribution < 1.29 is 4.55 Å². The van der Waals surface area contributed by atoms with Crippen molar-refractivity contribution >= 4 is 17.0 Å². The summed E-state index contributed by atoms with van der Waals surface area (Å²) in [5.41, 5.74) is 5.28. The van der Waals surface area contributed by atoms with E-state index in [2.05, 4.69) is 46.0 Å². The van der Waals surface area contributed by atoms with Crippen LogP contribution in [0.3, 0.4) is 0 Å². The zero-order valence-corrected chi connectivity index (χ0v) is 20.9. The van der Waals surface area contributed by atoms with Crippen LogP contribution in [-0.2, 0) is 31.3 Å². The fourth-order valence-electron chi connectivity index (χ4n) is 4.60. The number of piperidine rings is 1. The second kappa shape index (κ2) is 11.2. The van der Waals surface area contributed by atoms with Crippen molar-refractivity contribution in [3.8, 4) is 0 Å². The lowest BCUT2D eigenvalue weighted by Gasteiger charge is -2.28. The second-order valence-electron chi connectivity index (χ2n) is 9.35.